The molecule has 2 unspecified atom stereocenters. The van der Waals surface area contributed by atoms with Crippen LogP contribution >= 0.6 is 0 Å². The Bertz CT molecular complexity index is 2060. The zero-order valence-electron chi connectivity index (χ0n) is 39.9. The third kappa shape index (κ3) is 16.1. The van der Waals surface area contributed by atoms with Crippen LogP contribution in [0.5, 0.6) is 0 Å². The van der Waals surface area contributed by atoms with E-state index in [4.69, 9.17) is 4.74 Å². The number of amides is 8. The molecule has 20 nitrogen and oxygen atoms in total. The molecule has 2 heterocycles. The molecular formula is C47H68N10O10. The third-order valence-corrected chi connectivity index (χ3v) is 11.4. The Morgan fingerprint density at radius 1 is 0.851 bits per heavy atom. The molecular weight excluding hydrogens is 865 g/mol. The molecule has 2 aliphatic rings. The maximum atomic E-state index is 14.3. The van der Waals surface area contributed by atoms with E-state index in [1.165, 1.54) is 42.5 Å². The SMILES string of the molecule is CCC[C@H](NC(=O)C1CN(C(=O)OC(C)(C)C)CC1NC(=O)[C@H](CC(C)C)NC(=O)[C@@H](NC(=O)c1cnccn1)C1CCCCC1)C(=O)C(=O)NCC(=O)N[C@H](C(=O)N(C)C)c1ccccc1. The molecule has 20 heteroatoms. The lowest BCUT2D eigenvalue weighted by Crippen LogP contribution is -2.58. The van der Waals surface area contributed by atoms with Gasteiger partial charge in [-0.05, 0) is 63.9 Å². The van der Waals surface area contributed by atoms with Gasteiger partial charge in [0.25, 0.3) is 11.8 Å². The highest BCUT2D eigenvalue weighted by Crippen LogP contribution is 2.28. The molecule has 366 valence electrons. The van der Waals surface area contributed by atoms with Gasteiger partial charge in [0.2, 0.25) is 35.3 Å². The zero-order chi connectivity index (χ0) is 49.4. The summed E-state index contributed by atoms with van der Waals surface area (Å²) >= 11 is 0. The summed E-state index contributed by atoms with van der Waals surface area (Å²) in [7, 11) is 3.07. The van der Waals surface area contributed by atoms with Crippen molar-refractivity contribution in [2.24, 2.45) is 17.8 Å². The second kappa shape index (κ2) is 24.9. The van der Waals surface area contributed by atoms with Crippen molar-refractivity contribution < 1.29 is 47.9 Å². The summed E-state index contributed by atoms with van der Waals surface area (Å²) in [5.74, 6) is -7.30. The van der Waals surface area contributed by atoms with Gasteiger partial charge in [-0.1, -0.05) is 76.8 Å². The smallest absolute Gasteiger partial charge is 0.410 e. The molecule has 6 atom stereocenters. The summed E-state index contributed by atoms with van der Waals surface area (Å²) in [6.07, 6.45) is 8.04. The van der Waals surface area contributed by atoms with E-state index >= 15 is 0 Å². The Hall–Kier alpha value is -6.47. The number of ether oxygens (including phenoxy) is 1. The first kappa shape index (κ1) is 53.1. The van der Waals surface area contributed by atoms with Crippen molar-refractivity contribution in [3.05, 3.63) is 60.2 Å². The van der Waals surface area contributed by atoms with Crippen LogP contribution in [0.4, 0.5) is 4.79 Å². The second-order valence-electron chi connectivity index (χ2n) is 18.8. The number of ketones is 1. The number of hydrogen-bond donors (Lipinski definition) is 6. The fourth-order valence-electron chi connectivity index (χ4n) is 8.08. The summed E-state index contributed by atoms with van der Waals surface area (Å²) in [5.41, 5.74) is -0.350. The number of nitrogens with zero attached hydrogens (tertiary/aromatic N) is 4. The fraction of sp³-hybridized carbons (Fsp3) is 0.596. The monoisotopic (exact) mass is 933 g/mol. The number of carbonyl (C=O) groups excluding carboxylic acids is 9. The summed E-state index contributed by atoms with van der Waals surface area (Å²) in [4.78, 5) is 133. The van der Waals surface area contributed by atoms with Crippen LogP contribution in [0.2, 0.25) is 0 Å². The van der Waals surface area contributed by atoms with Crippen molar-refractivity contribution in [2.45, 2.75) is 129 Å². The predicted molar refractivity (Wildman–Crippen MR) is 245 cm³/mol. The van der Waals surface area contributed by atoms with E-state index in [9.17, 15) is 43.2 Å². The lowest BCUT2D eigenvalue weighted by molar-refractivity contribution is -0.141. The van der Waals surface area contributed by atoms with E-state index in [2.05, 4.69) is 41.9 Å². The van der Waals surface area contributed by atoms with Crippen LogP contribution in [0.25, 0.3) is 0 Å². The van der Waals surface area contributed by atoms with Gasteiger partial charge in [-0.2, -0.15) is 0 Å². The van der Waals surface area contributed by atoms with Crippen molar-refractivity contribution in [1.82, 2.24) is 51.7 Å². The average molecular weight is 933 g/mol. The predicted octanol–water partition coefficient (Wildman–Crippen LogP) is 1.95. The van der Waals surface area contributed by atoms with E-state index in [-0.39, 0.29) is 43.5 Å². The minimum atomic E-state index is -1.35. The molecule has 1 aromatic carbocycles. The van der Waals surface area contributed by atoms with Crippen LogP contribution in [-0.4, -0.2) is 136 Å². The van der Waals surface area contributed by atoms with E-state index < -0.39 is 101 Å². The molecule has 1 saturated carbocycles. The Morgan fingerprint density at radius 3 is 2.13 bits per heavy atom. The molecule has 8 amide bonds. The highest BCUT2D eigenvalue weighted by atomic mass is 16.6. The quantitative estimate of drug-likeness (QED) is 0.104. The Balaban J connectivity index is 1.50. The standard InChI is InChI=1S/C47H68N10O10/c1-9-16-32(39(59)44(64)50-25-36(58)54-38(45(65)56(7)8)30-19-14-11-15-20-30)51-40(60)31-26-57(46(66)67-47(4,5)6)27-35(31)53-41(61)33(23-28(2)3)52-43(63)37(29-17-12-10-13-18-29)55-42(62)34-24-48-21-22-49-34/h11,14-15,19-22,24,28-29,31-33,35,37-38H,9-10,12-13,16-18,23,25-27H2,1-8H3,(H,50,64)(H,51,60)(H,52,63)(H,53,61)(H,54,58)(H,55,62)/t31?,32-,33-,35?,37-,38-/m0/s1. The molecule has 0 bridgehead atoms. The average Bonchev–Trinajstić information content (AvgIpc) is 3.72. The van der Waals surface area contributed by atoms with Crippen molar-refractivity contribution >= 4 is 53.2 Å². The number of likely N-dealkylation sites (tertiary alicyclic amines) is 1. The van der Waals surface area contributed by atoms with Crippen LogP contribution in [0.15, 0.2) is 48.9 Å². The fourth-order valence-corrected chi connectivity index (χ4v) is 8.08. The minimum Gasteiger partial charge on any atom is -0.444 e. The molecule has 1 aliphatic heterocycles. The van der Waals surface area contributed by atoms with Crippen LogP contribution < -0.4 is 31.9 Å². The molecule has 4 rings (SSSR count). The van der Waals surface area contributed by atoms with Gasteiger partial charge in [-0.3, -0.25) is 43.3 Å². The number of carbonyl (C=O) groups is 9. The molecule has 6 N–H and O–H groups in total. The molecule has 67 heavy (non-hydrogen) atoms. The van der Waals surface area contributed by atoms with Gasteiger partial charge in [0.1, 0.15) is 29.4 Å². The highest BCUT2D eigenvalue weighted by Gasteiger charge is 2.44. The second-order valence-corrected chi connectivity index (χ2v) is 18.8. The summed E-state index contributed by atoms with van der Waals surface area (Å²) in [6, 6.07) is 2.98. The topological polar surface area (TPSA) is 267 Å². The number of rotatable bonds is 20. The molecule has 2 fully saturated rings. The van der Waals surface area contributed by atoms with Gasteiger partial charge in [0, 0.05) is 39.6 Å². The first-order valence-corrected chi connectivity index (χ1v) is 23.0. The summed E-state index contributed by atoms with van der Waals surface area (Å²) in [5, 5.41) is 16.1. The minimum absolute atomic E-state index is 0.0331. The molecule has 1 aliphatic carbocycles. The van der Waals surface area contributed by atoms with E-state index in [0.29, 0.717) is 24.8 Å². The first-order valence-electron chi connectivity index (χ1n) is 23.0. The number of likely N-dealkylation sites (N-methyl/N-ethyl adjacent to an activating group) is 1. The van der Waals surface area contributed by atoms with E-state index in [1.807, 2.05) is 13.8 Å². The van der Waals surface area contributed by atoms with Crippen LogP contribution in [0, 0.1) is 17.8 Å². The third-order valence-electron chi connectivity index (χ3n) is 11.4. The number of hydrogen-bond acceptors (Lipinski definition) is 12. The number of aromatic nitrogens is 2. The van der Waals surface area contributed by atoms with Gasteiger partial charge in [0.05, 0.1) is 30.7 Å². The lowest BCUT2D eigenvalue weighted by atomic mass is 9.83. The Kier molecular flexibility index (Phi) is 19.7. The largest absolute Gasteiger partial charge is 0.444 e. The van der Waals surface area contributed by atoms with Crippen LogP contribution in [0.3, 0.4) is 0 Å². The normalized spacial score (nSPS) is 18.0. The molecule has 1 aromatic heterocycles. The Labute approximate surface area is 392 Å². The van der Waals surface area contributed by atoms with Crippen molar-refractivity contribution in [1.29, 1.82) is 0 Å². The number of benzene rings is 1. The van der Waals surface area contributed by atoms with Crippen LogP contribution in [0.1, 0.15) is 115 Å². The van der Waals surface area contributed by atoms with Gasteiger partial charge in [0.15, 0.2) is 0 Å². The van der Waals surface area contributed by atoms with Crippen molar-refractivity contribution in [2.75, 3.05) is 33.7 Å². The maximum absolute atomic E-state index is 14.3. The first-order chi connectivity index (χ1) is 31.7. The number of nitrogens with one attached hydrogen (secondary N) is 6. The molecule has 2 aromatic rings. The maximum Gasteiger partial charge on any atom is 0.410 e. The highest BCUT2D eigenvalue weighted by molar-refractivity contribution is 6.38. The van der Waals surface area contributed by atoms with Gasteiger partial charge >= 0.3 is 6.09 Å². The van der Waals surface area contributed by atoms with Gasteiger partial charge in [-0.25, -0.2) is 9.78 Å². The molecule has 1 saturated heterocycles. The van der Waals surface area contributed by atoms with Crippen molar-refractivity contribution in [3.63, 3.8) is 0 Å². The van der Waals surface area contributed by atoms with Crippen LogP contribution in [-0.2, 0) is 38.3 Å². The van der Waals surface area contributed by atoms with Gasteiger partial charge < -0.3 is 46.4 Å². The van der Waals surface area contributed by atoms with Gasteiger partial charge in [-0.15, -0.1) is 0 Å². The zero-order valence-corrected chi connectivity index (χ0v) is 39.9. The van der Waals surface area contributed by atoms with Crippen molar-refractivity contribution in [3.8, 4) is 0 Å². The van der Waals surface area contributed by atoms with E-state index in [0.717, 1.165) is 19.3 Å². The number of Topliss-reactive ketones (excluding diaryl/α,β-unsaturated/α-hetero) is 1. The molecule has 0 radical (unpaired) electrons. The summed E-state index contributed by atoms with van der Waals surface area (Å²) in [6.45, 7) is 9.50. The lowest BCUT2D eigenvalue weighted by Gasteiger charge is -2.32. The molecule has 0 spiro atoms. The Morgan fingerprint density at radius 2 is 1.54 bits per heavy atom. The van der Waals surface area contributed by atoms with E-state index in [1.54, 1.807) is 58.0 Å². The summed E-state index contributed by atoms with van der Waals surface area (Å²) < 4.78 is 5.59.